The van der Waals surface area contributed by atoms with E-state index in [1.165, 1.54) is 0 Å². The number of rotatable bonds is 12. The molecular weight excluding hydrogens is 575 g/mol. The Balaban J connectivity index is 1.89. The molecule has 0 saturated carbocycles. The Labute approximate surface area is 255 Å². The number of benzene rings is 3. The van der Waals surface area contributed by atoms with Gasteiger partial charge in [-0.1, -0.05) is 79.5 Å². The number of aliphatic hydroxyl groups excluding tert-OH is 2. The number of carboxylic acids is 1. The lowest BCUT2D eigenvalue weighted by Crippen LogP contribution is -2.22. The zero-order valence-electron chi connectivity index (χ0n) is 23.4. The van der Waals surface area contributed by atoms with Crippen LogP contribution in [0.15, 0.2) is 78.9 Å². The van der Waals surface area contributed by atoms with E-state index in [1.807, 2.05) is 56.3 Å². The summed E-state index contributed by atoms with van der Waals surface area (Å²) in [5.41, 5.74) is 5.12. The maximum atomic E-state index is 14.1. The van der Waals surface area contributed by atoms with Crippen molar-refractivity contribution >= 4 is 40.8 Å². The van der Waals surface area contributed by atoms with Crippen LogP contribution < -0.4 is 5.32 Å². The van der Waals surface area contributed by atoms with E-state index in [1.54, 1.807) is 36.4 Å². The predicted octanol–water partition coefficient (Wildman–Crippen LogP) is 7.48. The zero-order valence-corrected chi connectivity index (χ0v) is 24.9. The minimum Gasteiger partial charge on any atom is -0.481 e. The molecule has 0 fully saturated rings. The normalized spacial score (nSPS) is 12.7. The average Bonchev–Trinajstić information content (AvgIpc) is 3.29. The number of carbonyl (C=O) groups excluding carboxylic acids is 1. The largest absolute Gasteiger partial charge is 0.481 e. The molecule has 0 spiro atoms. The summed E-state index contributed by atoms with van der Waals surface area (Å²) in [4.78, 5) is 25.1. The third kappa shape index (κ3) is 7.61. The fourth-order valence-corrected chi connectivity index (χ4v) is 5.47. The number of anilines is 1. The van der Waals surface area contributed by atoms with Gasteiger partial charge < -0.3 is 25.2 Å². The summed E-state index contributed by atoms with van der Waals surface area (Å²) in [6, 6.07) is 24.0. The monoisotopic (exact) mass is 608 g/mol. The molecule has 9 heteroatoms. The van der Waals surface area contributed by atoms with E-state index in [4.69, 9.17) is 28.3 Å². The number of aliphatic hydroxyl groups is 2. The van der Waals surface area contributed by atoms with Crippen molar-refractivity contribution in [3.05, 3.63) is 100 Å². The van der Waals surface area contributed by atoms with Gasteiger partial charge in [-0.25, -0.2) is 0 Å². The molecule has 220 valence electrons. The fraction of sp³-hybridized carbons (Fsp3) is 0.273. The molecule has 0 aliphatic rings. The quantitative estimate of drug-likeness (QED) is 0.133. The zero-order chi connectivity index (χ0) is 30.4. The van der Waals surface area contributed by atoms with Gasteiger partial charge in [-0.2, -0.15) is 0 Å². The second kappa shape index (κ2) is 14.0. The van der Waals surface area contributed by atoms with Crippen molar-refractivity contribution in [3.8, 4) is 22.4 Å². The minimum absolute atomic E-state index is 0.0731. The fourth-order valence-electron chi connectivity index (χ4n) is 5.21. The molecule has 1 aromatic heterocycles. The summed E-state index contributed by atoms with van der Waals surface area (Å²) in [5, 5.41) is 34.0. The van der Waals surface area contributed by atoms with Gasteiger partial charge in [-0.15, -0.1) is 0 Å². The van der Waals surface area contributed by atoms with Crippen LogP contribution in [0.4, 0.5) is 5.69 Å². The maximum Gasteiger partial charge on any atom is 0.305 e. The molecule has 0 aliphatic heterocycles. The van der Waals surface area contributed by atoms with Crippen LogP contribution in [0.3, 0.4) is 0 Å². The summed E-state index contributed by atoms with van der Waals surface area (Å²) in [6.07, 6.45) is -2.40. The summed E-state index contributed by atoms with van der Waals surface area (Å²) in [7, 11) is 0. The van der Waals surface area contributed by atoms with Gasteiger partial charge in [-0.3, -0.25) is 9.59 Å². The molecule has 4 aromatic rings. The number of halogens is 2. The third-order valence-corrected chi connectivity index (χ3v) is 7.50. The first-order valence-corrected chi connectivity index (χ1v) is 14.5. The van der Waals surface area contributed by atoms with Crippen LogP contribution in [0.25, 0.3) is 22.4 Å². The molecule has 42 heavy (non-hydrogen) atoms. The summed E-state index contributed by atoms with van der Waals surface area (Å²) < 4.78 is 2.06. The Morgan fingerprint density at radius 1 is 0.833 bits per heavy atom. The number of hydrogen-bond donors (Lipinski definition) is 4. The lowest BCUT2D eigenvalue weighted by atomic mass is 9.94. The van der Waals surface area contributed by atoms with Crippen molar-refractivity contribution in [2.75, 3.05) is 5.32 Å². The van der Waals surface area contributed by atoms with Crippen LogP contribution in [-0.4, -0.2) is 44.0 Å². The molecule has 1 heterocycles. The Kier molecular flexibility index (Phi) is 10.5. The van der Waals surface area contributed by atoms with Gasteiger partial charge in [0.25, 0.3) is 5.91 Å². The molecular formula is C33H34Cl2N2O5. The molecule has 7 nitrogen and oxygen atoms in total. The van der Waals surface area contributed by atoms with Crippen LogP contribution in [0.1, 0.15) is 55.1 Å². The summed E-state index contributed by atoms with van der Waals surface area (Å²) in [6.45, 7) is 4.34. The SMILES string of the molecule is CC(C)c1c(C(=O)Nc2ccc(Cl)cc2)c(-c2ccccc2)c(-c2ccc(Cl)cc2)n1CC[C@@H](O)C[C@@H](O)CC(=O)O. The van der Waals surface area contributed by atoms with Crippen molar-refractivity contribution in [1.82, 2.24) is 4.57 Å². The first-order valence-electron chi connectivity index (χ1n) is 13.8. The second-order valence-electron chi connectivity index (χ2n) is 10.6. The van der Waals surface area contributed by atoms with Gasteiger partial charge in [0.2, 0.25) is 0 Å². The number of nitrogens with zero attached hydrogens (tertiary/aromatic N) is 1. The van der Waals surface area contributed by atoms with Gasteiger partial charge in [0.15, 0.2) is 0 Å². The molecule has 0 unspecified atom stereocenters. The Morgan fingerprint density at radius 2 is 1.43 bits per heavy atom. The van der Waals surface area contributed by atoms with E-state index in [0.717, 1.165) is 28.1 Å². The molecule has 2 atom stereocenters. The summed E-state index contributed by atoms with van der Waals surface area (Å²) in [5.74, 6) is -1.50. The maximum absolute atomic E-state index is 14.1. The Bertz CT molecular complexity index is 1520. The summed E-state index contributed by atoms with van der Waals surface area (Å²) >= 11 is 12.3. The standard InChI is InChI=1S/C33H34Cl2N2O5/c1-20(2)31-30(33(42)36-25-14-12-24(35)13-15-25)29(21-6-4-3-5-7-21)32(22-8-10-23(34)11-9-22)37(31)17-16-26(38)18-27(39)19-28(40)41/h3-15,20,26-27,38-39H,16-19H2,1-2H3,(H,36,42)(H,40,41)/t26-,27-/m1/s1. The third-order valence-electron chi connectivity index (χ3n) is 7.00. The first kappa shape index (κ1) is 31.3. The highest BCUT2D eigenvalue weighted by Gasteiger charge is 2.31. The first-order chi connectivity index (χ1) is 20.0. The lowest BCUT2D eigenvalue weighted by Gasteiger charge is -2.20. The van der Waals surface area contributed by atoms with Gasteiger partial charge in [0.1, 0.15) is 0 Å². The van der Waals surface area contributed by atoms with Crippen LogP contribution in [-0.2, 0) is 11.3 Å². The van der Waals surface area contributed by atoms with Crippen LogP contribution in [0.2, 0.25) is 10.0 Å². The number of aliphatic carboxylic acids is 1. The number of carboxylic acid groups (broad SMARTS) is 1. The van der Waals surface area contributed by atoms with Gasteiger partial charge in [-0.05, 0) is 66.3 Å². The number of hydrogen-bond acceptors (Lipinski definition) is 4. The van der Waals surface area contributed by atoms with E-state index < -0.39 is 24.6 Å². The Hall–Kier alpha value is -3.62. The highest BCUT2D eigenvalue weighted by molar-refractivity contribution is 6.31. The molecule has 0 saturated heterocycles. The molecule has 0 aliphatic carbocycles. The highest BCUT2D eigenvalue weighted by Crippen LogP contribution is 2.43. The van der Waals surface area contributed by atoms with Crippen molar-refractivity contribution in [2.24, 2.45) is 0 Å². The molecule has 0 bridgehead atoms. The van der Waals surface area contributed by atoms with Crippen molar-refractivity contribution in [1.29, 1.82) is 0 Å². The van der Waals surface area contributed by atoms with E-state index in [0.29, 0.717) is 27.8 Å². The minimum atomic E-state index is -1.16. The van der Waals surface area contributed by atoms with Crippen LogP contribution >= 0.6 is 23.2 Å². The van der Waals surface area contributed by atoms with E-state index in [9.17, 15) is 19.8 Å². The number of nitrogens with one attached hydrogen (secondary N) is 1. The van der Waals surface area contributed by atoms with E-state index >= 15 is 0 Å². The molecule has 0 radical (unpaired) electrons. The van der Waals surface area contributed by atoms with Crippen LogP contribution in [0, 0.1) is 0 Å². The molecule has 4 rings (SSSR count). The highest BCUT2D eigenvalue weighted by atomic mass is 35.5. The second-order valence-corrected chi connectivity index (χ2v) is 11.4. The molecule has 1 amide bonds. The van der Waals surface area contributed by atoms with Gasteiger partial charge in [0.05, 0.1) is 29.9 Å². The number of carbonyl (C=O) groups is 2. The van der Waals surface area contributed by atoms with Gasteiger partial charge >= 0.3 is 5.97 Å². The average molecular weight is 610 g/mol. The van der Waals surface area contributed by atoms with Crippen molar-refractivity contribution < 1.29 is 24.9 Å². The van der Waals surface area contributed by atoms with Crippen molar-refractivity contribution in [3.63, 3.8) is 0 Å². The lowest BCUT2D eigenvalue weighted by molar-refractivity contribution is -0.139. The Morgan fingerprint density at radius 3 is 2.00 bits per heavy atom. The number of amides is 1. The van der Waals surface area contributed by atoms with Gasteiger partial charge in [0, 0.05) is 33.5 Å². The molecule has 4 N–H and O–H groups in total. The van der Waals surface area contributed by atoms with Crippen molar-refractivity contribution in [2.45, 2.75) is 57.8 Å². The smallest absolute Gasteiger partial charge is 0.305 e. The number of aromatic nitrogens is 1. The van der Waals surface area contributed by atoms with Crippen LogP contribution in [0.5, 0.6) is 0 Å². The van der Waals surface area contributed by atoms with E-state index in [2.05, 4.69) is 9.88 Å². The topological polar surface area (TPSA) is 112 Å². The molecule has 3 aromatic carbocycles. The predicted molar refractivity (Wildman–Crippen MR) is 167 cm³/mol. The van der Waals surface area contributed by atoms with E-state index in [-0.39, 0.29) is 24.7 Å².